The molecular weight excluding hydrogens is 368 g/mol. The Morgan fingerprint density at radius 3 is 2.80 bits per heavy atom. The summed E-state index contributed by atoms with van der Waals surface area (Å²) in [7, 11) is 0. The van der Waals surface area contributed by atoms with Gasteiger partial charge in [0.1, 0.15) is 11.6 Å². The molecule has 3 N–H and O–H groups in total. The number of carbonyl (C=O) groups excluding carboxylic acids is 1. The monoisotopic (exact) mass is 389 g/mol. The van der Waals surface area contributed by atoms with Gasteiger partial charge in [0.15, 0.2) is 5.82 Å². The van der Waals surface area contributed by atoms with Crippen LogP contribution < -0.4 is 11.1 Å². The first-order valence-corrected chi connectivity index (χ1v) is 7.91. The largest absolute Gasteiger partial charge is 0.330 e. The number of rotatable bonds is 4. The molecule has 0 fully saturated rings. The summed E-state index contributed by atoms with van der Waals surface area (Å²) in [5.41, 5.74) is 6.23. The molecular formula is C16H22Cl2FN5O. The number of aryl methyl sites for hydroxylation is 1. The summed E-state index contributed by atoms with van der Waals surface area (Å²) in [6.07, 6.45) is 4.44. The van der Waals surface area contributed by atoms with Crippen molar-refractivity contribution in [2.45, 2.75) is 38.6 Å². The zero-order chi connectivity index (χ0) is 16.2. The summed E-state index contributed by atoms with van der Waals surface area (Å²) < 4.78 is 16.0. The minimum Gasteiger partial charge on any atom is -0.330 e. The van der Waals surface area contributed by atoms with Crippen molar-refractivity contribution >= 4 is 36.4 Å². The molecule has 0 unspecified atom stereocenters. The van der Waals surface area contributed by atoms with Crippen molar-refractivity contribution in [1.82, 2.24) is 14.8 Å². The van der Waals surface area contributed by atoms with E-state index < -0.39 is 5.82 Å². The zero-order valence-electron chi connectivity index (χ0n) is 13.7. The van der Waals surface area contributed by atoms with Crippen LogP contribution in [-0.2, 0) is 17.8 Å². The number of hydrogen-bond donors (Lipinski definition) is 2. The second kappa shape index (κ2) is 9.70. The van der Waals surface area contributed by atoms with Crippen molar-refractivity contribution in [3.63, 3.8) is 0 Å². The highest BCUT2D eigenvalue weighted by Gasteiger charge is 2.17. The molecule has 1 aromatic carbocycles. The minimum absolute atomic E-state index is 0. The summed E-state index contributed by atoms with van der Waals surface area (Å²) >= 11 is 0. The average molecular weight is 390 g/mol. The molecule has 0 saturated carbocycles. The van der Waals surface area contributed by atoms with Crippen LogP contribution in [0.15, 0.2) is 18.2 Å². The first kappa shape index (κ1) is 21.3. The first-order chi connectivity index (χ1) is 11.2. The number of nitrogens with one attached hydrogen (secondary N) is 1. The van der Waals surface area contributed by atoms with Crippen molar-refractivity contribution in [2.24, 2.45) is 5.73 Å². The molecule has 1 aliphatic rings. The van der Waals surface area contributed by atoms with Crippen LogP contribution in [0.2, 0.25) is 0 Å². The van der Waals surface area contributed by atoms with Crippen LogP contribution in [0.25, 0.3) is 11.4 Å². The predicted octanol–water partition coefficient (Wildman–Crippen LogP) is 2.94. The Hall–Kier alpha value is -1.70. The molecule has 2 aromatic rings. The van der Waals surface area contributed by atoms with E-state index in [2.05, 4.69) is 20.1 Å². The highest BCUT2D eigenvalue weighted by molar-refractivity contribution is 5.91. The Bertz CT molecular complexity index is 723. The van der Waals surface area contributed by atoms with E-state index in [1.807, 2.05) is 0 Å². The van der Waals surface area contributed by atoms with Crippen molar-refractivity contribution in [3.05, 3.63) is 29.8 Å². The molecule has 0 radical (unpaired) electrons. The number of carbonyl (C=O) groups is 1. The molecule has 2 heterocycles. The average Bonchev–Trinajstić information content (AvgIpc) is 2.78. The lowest BCUT2D eigenvalue weighted by Crippen LogP contribution is -2.17. The maximum absolute atomic E-state index is 13.9. The quantitative estimate of drug-likeness (QED) is 0.841. The summed E-state index contributed by atoms with van der Waals surface area (Å²) in [6, 6.07) is 4.60. The maximum Gasteiger partial charge on any atom is 0.225 e. The van der Waals surface area contributed by atoms with Crippen molar-refractivity contribution in [3.8, 4) is 11.4 Å². The normalized spacial score (nSPS) is 13.0. The van der Waals surface area contributed by atoms with Gasteiger partial charge in [-0.3, -0.25) is 4.79 Å². The van der Waals surface area contributed by atoms with Crippen molar-refractivity contribution < 1.29 is 9.18 Å². The molecule has 0 saturated heterocycles. The number of nitrogens with two attached hydrogens (primary N) is 1. The second-order valence-corrected chi connectivity index (χ2v) is 5.68. The number of amides is 1. The van der Waals surface area contributed by atoms with Crippen LogP contribution in [0, 0.1) is 5.82 Å². The number of anilines is 1. The van der Waals surface area contributed by atoms with E-state index in [1.165, 1.54) is 12.5 Å². The SMILES string of the molecule is Cl.Cl.NCCC(=O)Nc1cc(-c2nnc3n2CCCCC3)ccc1F. The van der Waals surface area contributed by atoms with Crippen LogP contribution in [0.4, 0.5) is 10.1 Å². The van der Waals surface area contributed by atoms with Gasteiger partial charge in [-0.1, -0.05) is 6.42 Å². The van der Waals surface area contributed by atoms with E-state index in [9.17, 15) is 9.18 Å². The van der Waals surface area contributed by atoms with E-state index in [4.69, 9.17) is 5.73 Å². The number of nitrogens with zero attached hydrogens (tertiary/aromatic N) is 3. The molecule has 138 valence electrons. The number of aromatic nitrogens is 3. The standard InChI is InChI=1S/C16H20FN5O.2ClH/c17-12-6-5-11(10-13(12)19-15(23)7-8-18)16-21-20-14-4-2-1-3-9-22(14)16;;/h5-6,10H,1-4,7-9,18H2,(H,19,23);2*1H. The Morgan fingerprint density at radius 1 is 1.24 bits per heavy atom. The van der Waals surface area contributed by atoms with Crippen LogP contribution in [0.1, 0.15) is 31.5 Å². The number of halogens is 3. The van der Waals surface area contributed by atoms with Crippen LogP contribution in [-0.4, -0.2) is 27.2 Å². The summed E-state index contributed by atoms with van der Waals surface area (Å²) in [5.74, 6) is 0.908. The molecule has 0 bridgehead atoms. The first-order valence-electron chi connectivity index (χ1n) is 7.91. The smallest absolute Gasteiger partial charge is 0.225 e. The third-order valence-corrected chi connectivity index (χ3v) is 3.98. The van der Waals surface area contributed by atoms with Gasteiger partial charge in [0.2, 0.25) is 5.91 Å². The van der Waals surface area contributed by atoms with E-state index >= 15 is 0 Å². The Morgan fingerprint density at radius 2 is 2.04 bits per heavy atom. The lowest BCUT2D eigenvalue weighted by molar-refractivity contribution is -0.116. The van der Waals surface area contributed by atoms with Crippen molar-refractivity contribution in [1.29, 1.82) is 0 Å². The summed E-state index contributed by atoms with van der Waals surface area (Å²) in [4.78, 5) is 11.6. The molecule has 0 spiro atoms. The topological polar surface area (TPSA) is 85.8 Å². The van der Waals surface area contributed by atoms with Gasteiger partial charge in [-0.2, -0.15) is 0 Å². The Labute approximate surface area is 158 Å². The molecule has 3 rings (SSSR count). The lowest BCUT2D eigenvalue weighted by Gasteiger charge is -2.10. The predicted molar refractivity (Wildman–Crippen MR) is 99.8 cm³/mol. The van der Waals surface area contributed by atoms with Gasteiger partial charge < -0.3 is 15.6 Å². The Balaban J connectivity index is 0.00000156. The van der Waals surface area contributed by atoms with Gasteiger partial charge >= 0.3 is 0 Å². The summed E-state index contributed by atoms with van der Waals surface area (Å²) in [6.45, 7) is 1.09. The number of benzene rings is 1. The molecule has 0 atom stereocenters. The fourth-order valence-corrected chi connectivity index (χ4v) is 2.80. The van der Waals surface area contributed by atoms with Crippen LogP contribution in [0.3, 0.4) is 0 Å². The fourth-order valence-electron chi connectivity index (χ4n) is 2.80. The molecule has 9 heteroatoms. The molecule has 1 aromatic heterocycles. The zero-order valence-corrected chi connectivity index (χ0v) is 15.3. The third kappa shape index (κ3) is 4.90. The lowest BCUT2D eigenvalue weighted by atomic mass is 10.1. The third-order valence-electron chi connectivity index (χ3n) is 3.98. The van der Waals surface area contributed by atoms with Gasteiger partial charge in [0.25, 0.3) is 0 Å². The van der Waals surface area contributed by atoms with Gasteiger partial charge in [-0.15, -0.1) is 35.0 Å². The van der Waals surface area contributed by atoms with Crippen LogP contribution >= 0.6 is 24.8 Å². The highest BCUT2D eigenvalue weighted by atomic mass is 35.5. The number of fused-ring (bicyclic) bond motifs is 1. The molecule has 1 aliphatic heterocycles. The molecule has 1 amide bonds. The van der Waals surface area contributed by atoms with Gasteiger partial charge in [-0.25, -0.2) is 4.39 Å². The van der Waals surface area contributed by atoms with E-state index in [1.54, 1.807) is 12.1 Å². The van der Waals surface area contributed by atoms with Crippen molar-refractivity contribution in [2.75, 3.05) is 11.9 Å². The van der Waals surface area contributed by atoms with E-state index in [0.717, 1.165) is 43.0 Å². The highest BCUT2D eigenvalue weighted by Crippen LogP contribution is 2.26. The van der Waals surface area contributed by atoms with Gasteiger partial charge in [0, 0.05) is 31.5 Å². The number of hydrogen-bond acceptors (Lipinski definition) is 4. The molecule has 0 aliphatic carbocycles. The van der Waals surface area contributed by atoms with Crippen LogP contribution in [0.5, 0.6) is 0 Å². The van der Waals surface area contributed by atoms with Gasteiger partial charge in [-0.05, 0) is 31.0 Å². The fraction of sp³-hybridized carbons (Fsp3) is 0.438. The second-order valence-electron chi connectivity index (χ2n) is 5.68. The minimum atomic E-state index is -0.477. The Kier molecular flexibility index (Phi) is 8.28. The van der Waals surface area contributed by atoms with E-state index in [-0.39, 0.29) is 49.4 Å². The summed E-state index contributed by atoms with van der Waals surface area (Å²) in [5, 5.41) is 11.1. The maximum atomic E-state index is 13.9. The van der Waals surface area contributed by atoms with Gasteiger partial charge in [0.05, 0.1) is 5.69 Å². The van der Waals surface area contributed by atoms with E-state index in [0.29, 0.717) is 0 Å². The molecule has 25 heavy (non-hydrogen) atoms. The molecule has 6 nitrogen and oxygen atoms in total.